The molecule has 7 heteroatoms. The fourth-order valence-electron chi connectivity index (χ4n) is 3.51. The molecule has 1 unspecified atom stereocenters. The zero-order valence-corrected chi connectivity index (χ0v) is 18.7. The van der Waals surface area contributed by atoms with Crippen LogP contribution in [0, 0.1) is 5.92 Å². The molecule has 1 aromatic rings. The van der Waals surface area contributed by atoms with Gasteiger partial charge in [-0.2, -0.15) is 0 Å². The van der Waals surface area contributed by atoms with Crippen molar-refractivity contribution in [2.75, 3.05) is 32.1 Å². The third-order valence-corrected chi connectivity index (χ3v) is 7.05. The van der Waals surface area contributed by atoms with E-state index in [9.17, 15) is 13.2 Å². The molecule has 0 spiro atoms. The topological polar surface area (TPSA) is 69.7 Å². The first-order valence-corrected chi connectivity index (χ1v) is 11.7. The number of nitrogens with one attached hydrogen (secondary N) is 1. The molecule has 0 saturated carbocycles. The lowest BCUT2D eigenvalue weighted by atomic mass is 10.0. The molecule has 0 radical (unpaired) electrons. The number of hydrogen-bond acceptors (Lipinski definition) is 4. The molecule has 158 valence electrons. The quantitative estimate of drug-likeness (QED) is 0.678. The second-order valence-corrected chi connectivity index (χ2v) is 10.5. The van der Waals surface area contributed by atoms with Crippen LogP contribution in [0.3, 0.4) is 0 Å². The molecule has 1 amide bonds. The Bertz CT molecular complexity index is 769. The highest BCUT2D eigenvalue weighted by Crippen LogP contribution is 2.28. The van der Waals surface area contributed by atoms with E-state index in [1.165, 1.54) is 24.5 Å². The van der Waals surface area contributed by atoms with Gasteiger partial charge in [-0.15, -0.1) is 0 Å². The summed E-state index contributed by atoms with van der Waals surface area (Å²) in [5.74, 6) is 0.451. The zero-order valence-electron chi connectivity index (χ0n) is 17.9. The Morgan fingerprint density at radius 3 is 2.36 bits per heavy atom. The molecule has 1 heterocycles. The Morgan fingerprint density at radius 1 is 1.14 bits per heavy atom. The molecule has 1 fully saturated rings. The molecule has 1 aliphatic rings. The van der Waals surface area contributed by atoms with Gasteiger partial charge in [0.2, 0.25) is 10.0 Å². The van der Waals surface area contributed by atoms with Crippen LogP contribution in [0.2, 0.25) is 0 Å². The predicted octanol–water partition coefficient (Wildman–Crippen LogP) is 3.48. The molecule has 0 bridgehead atoms. The highest BCUT2D eigenvalue weighted by Gasteiger charge is 2.25. The van der Waals surface area contributed by atoms with Gasteiger partial charge in [0, 0.05) is 38.9 Å². The summed E-state index contributed by atoms with van der Waals surface area (Å²) in [4.78, 5) is 15.4. The van der Waals surface area contributed by atoms with Crippen molar-refractivity contribution in [2.45, 2.75) is 63.8 Å². The molecular weight excluding hydrogens is 374 g/mol. The molecule has 6 nitrogen and oxygen atoms in total. The summed E-state index contributed by atoms with van der Waals surface area (Å²) in [6.45, 7) is 8.19. The lowest BCUT2D eigenvalue weighted by Gasteiger charge is -2.23. The molecule has 1 saturated heterocycles. The van der Waals surface area contributed by atoms with Gasteiger partial charge in [-0.25, -0.2) is 12.7 Å². The van der Waals surface area contributed by atoms with Crippen LogP contribution < -0.4 is 10.2 Å². The Hall–Kier alpha value is -1.60. The lowest BCUT2D eigenvalue weighted by Crippen LogP contribution is -2.34. The molecule has 28 heavy (non-hydrogen) atoms. The number of anilines is 1. The average molecular weight is 410 g/mol. The van der Waals surface area contributed by atoms with Crippen molar-refractivity contribution in [3.8, 4) is 0 Å². The van der Waals surface area contributed by atoms with Crippen molar-refractivity contribution in [1.82, 2.24) is 9.62 Å². The monoisotopic (exact) mass is 409 g/mol. The lowest BCUT2D eigenvalue weighted by molar-refractivity contribution is 0.0938. The summed E-state index contributed by atoms with van der Waals surface area (Å²) in [7, 11) is -0.590. The zero-order chi connectivity index (χ0) is 20.9. The summed E-state index contributed by atoms with van der Waals surface area (Å²) in [6.07, 6.45) is 5.29. The summed E-state index contributed by atoms with van der Waals surface area (Å²) in [5.41, 5.74) is 1.27. The van der Waals surface area contributed by atoms with Gasteiger partial charge in [0.05, 0.1) is 10.5 Å². The molecule has 0 aromatic heterocycles. The standard InChI is InChI=1S/C21H35N3O3S/c1-16(2)9-8-10-17(3)22-21(25)19-15-18(28(26,27)23(4)5)11-12-20(19)24-13-6-7-14-24/h11-12,15-17H,6-10,13-14H2,1-5H3,(H,22,25). The van der Waals surface area contributed by atoms with Gasteiger partial charge in [0.15, 0.2) is 0 Å². The van der Waals surface area contributed by atoms with Crippen LogP contribution in [-0.4, -0.2) is 51.9 Å². The van der Waals surface area contributed by atoms with Crippen LogP contribution in [0.4, 0.5) is 5.69 Å². The molecule has 2 rings (SSSR count). The summed E-state index contributed by atoms with van der Waals surface area (Å²) in [5, 5.41) is 3.07. The maximum atomic E-state index is 13.0. The third-order valence-electron chi connectivity index (χ3n) is 5.23. The first-order valence-electron chi connectivity index (χ1n) is 10.2. The van der Waals surface area contributed by atoms with Gasteiger partial charge in [-0.05, 0) is 50.3 Å². The number of amides is 1. The van der Waals surface area contributed by atoms with E-state index in [4.69, 9.17) is 0 Å². The fourth-order valence-corrected chi connectivity index (χ4v) is 4.44. The second-order valence-electron chi connectivity index (χ2n) is 8.36. The van der Waals surface area contributed by atoms with E-state index in [1.54, 1.807) is 12.1 Å². The van der Waals surface area contributed by atoms with Crippen molar-refractivity contribution in [2.24, 2.45) is 5.92 Å². The van der Waals surface area contributed by atoms with E-state index < -0.39 is 10.0 Å². The summed E-state index contributed by atoms with van der Waals surface area (Å²) in [6, 6.07) is 4.96. The van der Waals surface area contributed by atoms with Crippen LogP contribution in [0.25, 0.3) is 0 Å². The maximum absolute atomic E-state index is 13.0. The highest BCUT2D eigenvalue weighted by molar-refractivity contribution is 7.89. The van der Waals surface area contributed by atoms with E-state index in [0.29, 0.717) is 11.5 Å². The van der Waals surface area contributed by atoms with Crippen molar-refractivity contribution in [3.05, 3.63) is 23.8 Å². The van der Waals surface area contributed by atoms with Gasteiger partial charge >= 0.3 is 0 Å². The first-order chi connectivity index (χ1) is 13.1. The van der Waals surface area contributed by atoms with E-state index in [0.717, 1.165) is 50.9 Å². The van der Waals surface area contributed by atoms with Gasteiger partial charge < -0.3 is 10.2 Å². The SMILES string of the molecule is CC(C)CCCC(C)NC(=O)c1cc(S(=O)(=O)N(C)C)ccc1N1CCCC1. The number of sulfonamides is 1. The molecule has 0 aliphatic carbocycles. The number of nitrogens with zero attached hydrogens (tertiary/aromatic N) is 2. The van der Waals surface area contributed by atoms with Crippen LogP contribution in [-0.2, 0) is 10.0 Å². The second kappa shape index (κ2) is 9.74. The van der Waals surface area contributed by atoms with E-state index in [2.05, 4.69) is 24.1 Å². The van der Waals surface area contributed by atoms with Gasteiger partial charge in [-0.1, -0.05) is 26.7 Å². The number of rotatable bonds is 9. The third kappa shape index (κ3) is 5.70. The van der Waals surface area contributed by atoms with E-state index >= 15 is 0 Å². The maximum Gasteiger partial charge on any atom is 0.253 e. The average Bonchev–Trinajstić information content (AvgIpc) is 3.15. The van der Waals surface area contributed by atoms with Gasteiger partial charge in [0.25, 0.3) is 5.91 Å². The predicted molar refractivity (Wildman–Crippen MR) is 114 cm³/mol. The number of hydrogen-bond donors (Lipinski definition) is 1. The van der Waals surface area contributed by atoms with Crippen molar-refractivity contribution < 1.29 is 13.2 Å². The van der Waals surface area contributed by atoms with Crippen LogP contribution in [0.15, 0.2) is 23.1 Å². The normalized spacial score (nSPS) is 16.0. The summed E-state index contributed by atoms with van der Waals surface area (Å²) >= 11 is 0. The van der Waals surface area contributed by atoms with Gasteiger partial charge in [0.1, 0.15) is 0 Å². The van der Waals surface area contributed by atoms with Crippen molar-refractivity contribution in [1.29, 1.82) is 0 Å². The first kappa shape index (κ1) is 22.7. The Balaban J connectivity index is 2.26. The highest BCUT2D eigenvalue weighted by atomic mass is 32.2. The van der Waals surface area contributed by atoms with Gasteiger partial charge in [-0.3, -0.25) is 4.79 Å². The number of carbonyl (C=O) groups excluding carboxylic acids is 1. The largest absolute Gasteiger partial charge is 0.371 e. The molecule has 1 atom stereocenters. The van der Waals surface area contributed by atoms with Crippen LogP contribution in [0.5, 0.6) is 0 Å². The number of benzene rings is 1. The van der Waals surface area contributed by atoms with E-state index in [-0.39, 0.29) is 16.8 Å². The minimum Gasteiger partial charge on any atom is -0.371 e. The molecule has 1 N–H and O–H groups in total. The molecule has 1 aromatic carbocycles. The molecular formula is C21H35N3O3S. The Kier molecular flexibility index (Phi) is 7.89. The van der Waals surface area contributed by atoms with Crippen molar-refractivity contribution in [3.63, 3.8) is 0 Å². The summed E-state index contributed by atoms with van der Waals surface area (Å²) < 4.78 is 26.3. The Labute approximate surface area is 170 Å². The Morgan fingerprint density at radius 2 is 1.79 bits per heavy atom. The minimum absolute atomic E-state index is 0.0480. The van der Waals surface area contributed by atoms with Crippen LogP contribution in [0.1, 0.15) is 63.2 Å². The molecule has 1 aliphatic heterocycles. The fraction of sp³-hybridized carbons (Fsp3) is 0.667. The van der Waals surface area contributed by atoms with Crippen LogP contribution >= 0.6 is 0 Å². The van der Waals surface area contributed by atoms with E-state index in [1.807, 2.05) is 6.92 Å². The van der Waals surface area contributed by atoms with Crippen molar-refractivity contribution >= 4 is 21.6 Å². The smallest absolute Gasteiger partial charge is 0.253 e. The number of carbonyl (C=O) groups is 1. The minimum atomic E-state index is -3.59.